The van der Waals surface area contributed by atoms with Gasteiger partial charge in [-0.15, -0.1) is 0 Å². The topological polar surface area (TPSA) is 38.0 Å². The van der Waals surface area contributed by atoms with Crippen LogP contribution in [0.15, 0.2) is 12.3 Å². The van der Waals surface area contributed by atoms with Crippen LogP contribution in [0.25, 0.3) is 0 Å². The Bertz CT molecular complexity index is 295. The summed E-state index contributed by atoms with van der Waals surface area (Å²) >= 11 is 0. The molecular formula is C11H18N2O. The van der Waals surface area contributed by atoms with Crippen LogP contribution in [0, 0.1) is 0 Å². The fourth-order valence-electron chi connectivity index (χ4n) is 2.38. The Hall–Kier alpha value is -0.830. The summed E-state index contributed by atoms with van der Waals surface area (Å²) in [5.74, 6) is 0.296. The second-order valence-electron chi connectivity index (χ2n) is 4.19. The third-order valence-electron chi connectivity index (χ3n) is 3.22. The lowest BCUT2D eigenvalue weighted by Crippen LogP contribution is -2.19. The molecule has 3 heteroatoms. The van der Waals surface area contributed by atoms with Crippen molar-refractivity contribution in [1.82, 2.24) is 9.78 Å². The number of rotatable bonds is 1. The molecule has 0 bridgehead atoms. The van der Waals surface area contributed by atoms with Crippen LogP contribution in [0.4, 0.5) is 0 Å². The first-order valence-electron chi connectivity index (χ1n) is 5.45. The predicted octanol–water partition coefficient (Wildman–Crippen LogP) is 1.83. The molecule has 0 saturated heterocycles. The van der Waals surface area contributed by atoms with Crippen molar-refractivity contribution in [3.05, 3.63) is 18.0 Å². The van der Waals surface area contributed by atoms with Crippen LogP contribution in [-0.2, 0) is 7.05 Å². The van der Waals surface area contributed by atoms with E-state index >= 15 is 0 Å². The molecular weight excluding hydrogens is 176 g/mol. The summed E-state index contributed by atoms with van der Waals surface area (Å²) in [7, 11) is 1.95. The first-order chi connectivity index (χ1) is 6.79. The molecule has 1 N–H and O–H groups in total. The maximum absolute atomic E-state index is 10.0. The number of aliphatic hydroxyl groups is 1. The van der Waals surface area contributed by atoms with E-state index in [1.54, 1.807) is 0 Å². The number of aryl methyl sites for hydroxylation is 1. The molecule has 0 spiro atoms. The van der Waals surface area contributed by atoms with Crippen molar-refractivity contribution in [3.63, 3.8) is 0 Å². The van der Waals surface area contributed by atoms with E-state index in [0.29, 0.717) is 5.92 Å². The van der Waals surface area contributed by atoms with Crippen LogP contribution in [0.1, 0.15) is 43.7 Å². The average molecular weight is 194 g/mol. The highest BCUT2D eigenvalue weighted by atomic mass is 16.3. The van der Waals surface area contributed by atoms with E-state index < -0.39 is 0 Å². The van der Waals surface area contributed by atoms with Gasteiger partial charge in [0.2, 0.25) is 0 Å². The Kier molecular flexibility index (Phi) is 2.87. The fourth-order valence-corrected chi connectivity index (χ4v) is 2.38. The highest BCUT2D eigenvalue weighted by Gasteiger charge is 2.25. The summed E-state index contributed by atoms with van der Waals surface area (Å²) in [6.07, 6.45) is 7.32. The first-order valence-corrected chi connectivity index (χ1v) is 5.45. The lowest BCUT2D eigenvalue weighted by atomic mass is 9.94. The normalized spacial score (nSPS) is 28.7. The highest BCUT2D eigenvalue weighted by Crippen LogP contribution is 2.31. The molecule has 14 heavy (non-hydrogen) atoms. The van der Waals surface area contributed by atoms with Crippen molar-refractivity contribution < 1.29 is 5.11 Å². The van der Waals surface area contributed by atoms with Gasteiger partial charge in [-0.25, -0.2) is 0 Å². The molecule has 0 amide bonds. The van der Waals surface area contributed by atoms with Gasteiger partial charge in [-0.2, -0.15) is 5.10 Å². The third kappa shape index (κ3) is 1.82. The fraction of sp³-hybridized carbons (Fsp3) is 0.727. The molecule has 1 saturated carbocycles. The Balaban J connectivity index is 2.19. The van der Waals surface area contributed by atoms with Crippen molar-refractivity contribution in [1.29, 1.82) is 0 Å². The van der Waals surface area contributed by atoms with Crippen LogP contribution >= 0.6 is 0 Å². The van der Waals surface area contributed by atoms with E-state index in [2.05, 4.69) is 5.10 Å². The van der Waals surface area contributed by atoms with E-state index in [4.69, 9.17) is 0 Å². The van der Waals surface area contributed by atoms with Gasteiger partial charge in [0.1, 0.15) is 0 Å². The van der Waals surface area contributed by atoms with Gasteiger partial charge in [-0.1, -0.05) is 19.3 Å². The Labute approximate surface area is 84.7 Å². The van der Waals surface area contributed by atoms with Crippen molar-refractivity contribution in [3.8, 4) is 0 Å². The Morgan fingerprint density at radius 3 is 2.86 bits per heavy atom. The molecule has 2 atom stereocenters. The van der Waals surface area contributed by atoms with Crippen LogP contribution in [-0.4, -0.2) is 21.0 Å². The molecule has 2 unspecified atom stereocenters. The van der Waals surface area contributed by atoms with E-state index in [9.17, 15) is 5.11 Å². The molecule has 2 rings (SSSR count). The standard InChI is InChI=1S/C11H18N2O/c1-13-10(7-8-12-13)9-5-3-2-4-6-11(9)14/h7-9,11,14H,2-6H2,1H3. The number of aliphatic hydroxyl groups excluding tert-OH is 1. The van der Waals surface area contributed by atoms with Crippen LogP contribution in [0.2, 0.25) is 0 Å². The Morgan fingerprint density at radius 2 is 2.14 bits per heavy atom. The largest absolute Gasteiger partial charge is 0.392 e. The second-order valence-corrected chi connectivity index (χ2v) is 4.19. The maximum atomic E-state index is 10.0. The smallest absolute Gasteiger partial charge is 0.0623 e. The molecule has 1 fully saturated rings. The van der Waals surface area contributed by atoms with Crippen molar-refractivity contribution in [2.45, 2.75) is 44.1 Å². The number of hydrogen-bond acceptors (Lipinski definition) is 2. The quantitative estimate of drug-likeness (QED) is 0.693. The lowest BCUT2D eigenvalue weighted by molar-refractivity contribution is 0.132. The number of aromatic nitrogens is 2. The van der Waals surface area contributed by atoms with Gasteiger partial charge in [0.25, 0.3) is 0 Å². The summed E-state index contributed by atoms with van der Waals surface area (Å²) in [5, 5.41) is 14.2. The molecule has 1 heterocycles. The highest BCUT2D eigenvalue weighted by molar-refractivity contribution is 5.10. The maximum Gasteiger partial charge on any atom is 0.0623 e. The molecule has 0 radical (unpaired) electrons. The molecule has 1 aliphatic rings. The minimum Gasteiger partial charge on any atom is -0.392 e. The van der Waals surface area contributed by atoms with E-state index in [-0.39, 0.29) is 6.10 Å². The van der Waals surface area contributed by atoms with E-state index in [0.717, 1.165) is 19.3 Å². The molecule has 1 aromatic rings. The van der Waals surface area contributed by atoms with Gasteiger partial charge >= 0.3 is 0 Å². The summed E-state index contributed by atoms with van der Waals surface area (Å²) in [6, 6.07) is 2.03. The molecule has 3 nitrogen and oxygen atoms in total. The first kappa shape index (κ1) is 9.71. The minimum absolute atomic E-state index is 0.173. The van der Waals surface area contributed by atoms with Gasteiger partial charge in [-0.05, 0) is 18.9 Å². The average Bonchev–Trinajstić information content (AvgIpc) is 2.46. The third-order valence-corrected chi connectivity index (χ3v) is 3.22. The van der Waals surface area contributed by atoms with Gasteiger partial charge in [0, 0.05) is 24.9 Å². The monoisotopic (exact) mass is 194 g/mol. The van der Waals surface area contributed by atoms with Crippen LogP contribution < -0.4 is 0 Å². The molecule has 1 aromatic heterocycles. The summed E-state index contributed by atoms with van der Waals surface area (Å²) in [6.45, 7) is 0. The minimum atomic E-state index is -0.173. The summed E-state index contributed by atoms with van der Waals surface area (Å²) in [5.41, 5.74) is 1.18. The van der Waals surface area contributed by atoms with Crippen LogP contribution in [0.5, 0.6) is 0 Å². The Morgan fingerprint density at radius 1 is 1.36 bits per heavy atom. The zero-order chi connectivity index (χ0) is 9.97. The zero-order valence-electron chi connectivity index (χ0n) is 8.69. The molecule has 78 valence electrons. The van der Waals surface area contributed by atoms with Crippen molar-refractivity contribution in [2.75, 3.05) is 0 Å². The van der Waals surface area contributed by atoms with Crippen molar-refractivity contribution >= 4 is 0 Å². The molecule has 0 aliphatic heterocycles. The molecule has 0 aromatic carbocycles. The molecule has 1 aliphatic carbocycles. The van der Waals surface area contributed by atoms with Crippen LogP contribution in [0.3, 0.4) is 0 Å². The van der Waals surface area contributed by atoms with Gasteiger partial charge in [0.15, 0.2) is 0 Å². The number of hydrogen-bond donors (Lipinski definition) is 1. The van der Waals surface area contributed by atoms with Gasteiger partial charge < -0.3 is 5.11 Å². The van der Waals surface area contributed by atoms with E-state index in [1.165, 1.54) is 18.5 Å². The van der Waals surface area contributed by atoms with Crippen molar-refractivity contribution in [2.24, 2.45) is 7.05 Å². The summed E-state index contributed by atoms with van der Waals surface area (Å²) in [4.78, 5) is 0. The number of nitrogens with zero attached hydrogens (tertiary/aromatic N) is 2. The SMILES string of the molecule is Cn1nccc1C1CCCCCC1O. The second kappa shape index (κ2) is 4.13. The van der Waals surface area contributed by atoms with Gasteiger partial charge in [0.05, 0.1) is 6.10 Å². The predicted molar refractivity (Wildman–Crippen MR) is 55.0 cm³/mol. The summed E-state index contributed by atoms with van der Waals surface area (Å²) < 4.78 is 1.89. The lowest BCUT2D eigenvalue weighted by Gasteiger charge is -2.20. The van der Waals surface area contributed by atoms with E-state index in [1.807, 2.05) is 24.0 Å². The van der Waals surface area contributed by atoms with Gasteiger partial charge in [-0.3, -0.25) is 4.68 Å². The zero-order valence-corrected chi connectivity index (χ0v) is 8.69.